The second-order valence-electron chi connectivity index (χ2n) is 4.36. The van der Waals surface area contributed by atoms with Gasteiger partial charge < -0.3 is 15.2 Å². The number of hydrogen-bond acceptors (Lipinski definition) is 4. The highest BCUT2D eigenvalue weighted by molar-refractivity contribution is 7.12. The molecule has 20 heavy (non-hydrogen) atoms. The van der Waals surface area contributed by atoms with E-state index < -0.39 is 0 Å². The van der Waals surface area contributed by atoms with E-state index in [0.717, 1.165) is 5.56 Å². The fourth-order valence-corrected chi connectivity index (χ4v) is 2.74. The van der Waals surface area contributed by atoms with Crippen LogP contribution in [0.5, 0.6) is 11.6 Å². The summed E-state index contributed by atoms with van der Waals surface area (Å²) in [4.78, 5) is 14.6. The summed E-state index contributed by atoms with van der Waals surface area (Å²) in [7, 11) is 0. The van der Waals surface area contributed by atoms with Gasteiger partial charge in [0.05, 0.1) is 5.69 Å². The van der Waals surface area contributed by atoms with Crippen molar-refractivity contribution in [1.82, 2.24) is 9.55 Å². The first-order chi connectivity index (χ1) is 9.65. The number of aromatic hydroxyl groups is 2. The topological polar surface area (TPSA) is 78.2 Å². The summed E-state index contributed by atoms with van der Waals surface area (Å²) in [6, 6.07) is 10.2. The Morgan fingerprint density at radius 3 is 2.55 bits per heavy atom. The molecule has 0 aliphatic carbocycles. The molecular weight excluding hydrogens is 276 g/mol. The number of nitrogens with zero attached hydrogens (tertiary/aromatic N) is 1. The van der Waals surface area contributed by atoms with Crippen molar-refractivity contribution in [3.05, 3.63) is 63.5 Å². The molecule has 2 aromatic heterocycles. The molecule has 1 aromatic carbocycles. The number of aromatic amines is 1. The van der Waals surface area contributed by atoms with Crippen molar-refractivity contribution < 1.29 is 10.2 Å². The number of aromatic nitrogens is 2. The number of phenols is 1. The van der Waals surface area contributed by atoms with Gasteiger partial charge in [0.2, 0.25) is 5.88 Å². The fourth-order valence-electron chi connectivity index (χ4n) is 2.01. The normalized spacial score (nSPS) is 10.8. The third-order valence-corrected chi connectivity index (χ3v) is 3.84. The standard InChI is InChI=1S/C14H12N2O3S/c17-10-5-3-9(4-6-10)8-11-13(18)16(14(19)15-11)12-2-1-7-20-12/h1-7,17-18H,8H2,(H,15,19). The molecule has 0 bridgehead atoms. The molecule has 0 amide bonds. The van der Waals surface area contributed by atoms with Gasteiger partial charge in [-0.3, -0.25) is 0 Å². The molecule has 0 fully saturated rings. The van der Waals surface area contributed by atoms with Gasteiger partial charge in [-0.25, -0.2) is 9.36 Å². The molecule has 0 radical (unpaired) electrons. The molecule has 5 nitrogen and oxygen atoms in total. The van der Waals surface area contributed by atoms with Crippen molar-refractivity contribution in [3.63, 3.8) is 0 Å². The van der Waals surface area contributed by atoms with Crippen LogP contribution in [0.15, 0.2) is 46.6 Å². The molecule has 6 heteroatoms. The van der Waals surface area contributed by atoms with Crippen LogP contribution in [0.2, 0.25) is 0 Å². The lowest BCUT2D eigenvalue weighted by atomic mass is 10.1. The highest BCUT2D eigenvalue weighted by Gasteiger charge is 2.15. The minimum absolute atomic E-state index is 0.0782. The Morgan fingerprint density at radius 2 is 1.90 bits per heavy atom. The van der Waals surface area contributed by atoms with Crippen LogP contribution in [0.25, 0.3) is 5.00 Å². The van der Waals surface area contributed by atoms with E-state index >= 15 is 0 Å². The number of thiophene rings is 1. The van der Waals surface area contributed by atoms with Crippen LogP contribution in [-0.4, -0.2) is 19.8 Å². The van der Waals surface area contributed by atoms with E-state index in [1.54, 1.807) is 30.3 Å². The zero-order chi connectivity index (χ0) is 14.1. The Bertz CT molecular complexity index is 770. The lowest BCUT2D eigenvalue weighted by molar-refractivity contribution is 0.436. The number of imidazole rings is 1. The monoisotopic (exact) mass is 288 g/mol. The maximum Gasteiger partial charge on any atom is 0.333 e. The molecule has 3 rings (SSSR count). The number of phenolic OH excluding ortho intramolecular Hbond substituents is 1. The molecule has 2 heterocycles. The number of hydrogen-bond donors (Lipinski definition) is 3. The molecule has 0 spiro atoms. The van der Waals surface area contributed by atoms with Gasteiger partial charge in [0.15, 0.2) is 0 Å². The summed E-state index contributed by atoms with van der Waals surface area (Å²) in [5.74, 6) is 0.105. The maximum atomic E-state index is 11.9. The van der Waals surface area contributed by atoms with E-state index in [4.69, 9.17) is 0 Å². The molecule has 0 aliphatic heterocycles. The first-order valence-electron chi connectivity index (χ1n) is 6.00. The molecule has 3 N–H and O–H groups in total. The third-order valence-electron chi connectivity index (χ3n) is 2.99. The smallest absolute Gasteiger partial charge is 0.333 e. The van der Waals surface area contributed by atoms with Gasteiger partial charge in [0.25, 0.3) is 0 Å². The van der Waals surface area contributed by atoms with Crippen molar-refractivity contribution in [2.45, 2.75) is 6.42 Å². The lowest BCUT2D eigenvalue weighted by Gasteiger charge is -2.02. The second kappa shape index (κ2) is 4.90. The number of benzene rings is 1. The number of rotatable bonds is 3. The highest BCUT2D eigenvalue weighted by atomic mass is 32.1. The zero-order valence-corrected chi connectivity index (χ0v) is 11.2. The van der Waals surface area contributed by atoms with E-state index in [1.807, 2.05) is 11.4 Å². The van der Waals surface area contributed by atoms with E-state index in [9.17, 15) is 15.0 Å². The number of H-pyrrole nitrogens is 1. The van der Waals surface area contributed by atoms with Crippen LogP contribution < -0.4 is 5.69 Å². The molecule has 3 aromatic rings. The Hall–Kier alpha value is -2.47. The van der Waals surface area contributed by atoms with E-state index in [0.29, 0.717) is 17.1 Å². The summed E-state index contributed by atoms with van der Waals surface area (Å²) in [6.45, 7) is 0. The minimum Gasteiger partial charge on any atom is -0.508 e. The van der Waals surface area contributed by atoms with Crippen molar-refractivity contribution in [3.8, 4) is 16.6 Å². The average Bonchev–Trinajstić information content (AvgIpc) is 3.02. The van der Waals surface area contributed by atoms with Gasteiger partial charge in [0.1, 0.15) is 10.8 Å². The minimum atomic E-state index is -0.362. The summed E-state index contributed by atoms with van der Waals surface area (Å²) in [5, 5.41) is 21.9. The molecule has 0 saturated heterocycles. The molecule has 0 aliphatic rings. The second-order valence-corrected chi connectivity index (χ2v) is 5.29. The van der Waals surface area contributed by atoms with E-state index in [2.05, 4.69) is 4.98 Å². The van der Waals surface area contributed by atoms with Gasteiger partial charge in [-0.2, -0.15) is 0 Å². The van der Waals surface area contributed by atoms with Crippen molar-refractivity contribution in [2.75, 3.05) is 0 Å². The predicted molar refractivity (Wildman–Crippen MR) is 76.8 cm³/mol. The van der Waals surface area contributed by atoms with Crippen LogP contribution in [0.3, 0.4) is 0 Å². The van der Waals surface area contributed by atoms with Crippen LogP contribution in [0, 0.1) is 0 Å². The van der Waals surface area contributed by atoms with Crippen molar-refractivity contribution >= 4 is 11.3 Å². The molecular formula is C14H12N2O3S. The first-order valence-corrected chi connectivity index (χ1v) is 6.88. The lowest BCUT2D eigenvalue weighted by Crippen LogP contribution is -2.13. The highest BCUT2D eigenvalue weighted by Crippen LogP contribution is 2.24. The van der Waals surface area contributed by atoms with Gasteiger partial charge in [-0.15, -0.1) is 11.3 Å². The Labute approximate surface area is 118 Å². The molecule has 102 valence electrons. The molecule has 0 unspecified atom stereocenters. The summed E-state index contributed by atoms with van der Waals surface area (Å²) in [5.41, 5.74) is 0.977. The van der Waals surface area contributed by atoms with Crippen molar-refractivity contribution in [1.29, 1.82) is 0 Å². The van der Waals surface area contributed by atoms with E-state index in [1.165, 1.54) is 15.9 Å². The summed E-state index contributed by atoms with van der Waals surface area (Å²) < 4.78 is 1.25. The Kier molecular flexibility index (Phi) is 3.08. The predicted octanol–water partition coefficient (Wildman–Crippen LogP) is 2.23. The largest absolute Gasteiger partial charge is 0.508 e. The Morgan fingerprint density at radius 1 is 1.15 bits per heavy atom. The van der Waals surface area contributed by atoms with Crippen LogP contribution >= 0.6 is 11.3 Å². The quantitative estimate of drug-likeness (QED) is 0.691. The summed E-state index contributed by atoms with van der Waals surface area (Å²) in [6.07, 6.45) is 0.389. The van der Waals surface area contributed by atoms with Gasteiger partial charge >= 0.3 is 5.69 Å². The van der Waals surface area contributed by atoms with Crippen LogP contribution in [0.4, 0.5) is 0 Å². The van der Waals surface area contributed by atoms with Crippen LogP contribution in [0.1, 0.15) is 11.3 Å². The van der Waals surface area contributed by atoms with Crippen molar-refractivity contribution in [2.24, 2.45) is 0 Å². The third kappa shape index (κ3) is 2.21. The zero-order valence-electron chi connectivity index (χ0n) is 10.4. The molecule has 0 atom stereocenters. The SMILES string of the molecule is O=c1[nH]c(Cc2ccc(O)cc2)c(O)n1-c1cccs1. The molecule has 0 saturated carbocycles. The van der Waals surface area contributed by atoms with Gasteiger partial charge in [-0.1, -0.05) is 12.1 Å². The number of nitrogens with one attached hydrogen (secondary N) is 1. The summed E-state index contributed by atoms with van der Waals surface area (Å²) >= 11 is 1.38. The maximum absolute atomic E-state index is 11.9. The van der Waals surface area contributed by atoms with Gasteiger partial charge in [-0.05, 0) is 35.2 Å². The first kappa shape index (κ1) is 12.6. The van der Waals surface area contributed by atoms with Gasteiger partial charge in [0, 0.05) is 6.42 Å². The van der Waals surface area contributed by atoms with E-state index in [-0.39, 0.29) is 17.3 Å². The fraction of sp³-hybridized carbons (Fsp3) is 0.0714. The average molecular weight is 288 g/mol. The van der Waals surface area contributed by atoms with Crippen LogP contribution in [-0.2, 0) is 6.42 Å². The Balaban J connectivity index is 1.98.